The number of ether oxygens (including phenoxy) is 1. The fourth-order valence-electron chi connectivity index (χ4n) is 1.61. The SMILES string of the molecule is CC(c1cc(C(N)=O)n(C)n1)N(C)C(=O)OC(C)(C)C. The van der Waals surface area contributed by atoms with Crippen LogP contribution in [0.1, 0.15) is 49.9 Å². The Bertz CT molecular complexity index is 516. The Labute approximate surface area is 118 Å². The first-order valence-corrected chi connectivity index (χ1v) is 6.32. The van der Waals surface area contributed by atoms with Gasteiger partial charge in [-0.05, 0) is 33.8 Å². The van der Waals surface area contributed by atoms with Crippen molar-refractivity contribution in [2.75, 3.05) is 7.05 Å². The molecule has 0 aliphatic rings. The number of carbonyl (C=O) groups is 2. The van der Waals surface area contributed by atoms with E-state index in [1.165, 1.54) is 9.58 Å². The van der Waals surface area contributed by atoms with E-state index in [0.29, 0.717) is 11.4 Å². The van der Waals surface area contributed by atoms with Crippen LogP contribution in [0.25, 0.3) is 0 Å². The van der Waals surface area contributed by atoms with E-state index < -0.39 is 17.6 Å². The van der Waals surface area contributed by atoms with Crippen molar-refractivity contribution < 1.29 is 14.3 Å². The van der Waals surface area contributed by atoms with Gasteiger partial charge in [0.1, 0.15) is 11.3 Å². The zero-order chi connectivity index (χ0) is 15.7. The van der Waals surface area contributed by atoms with Crippen LogP contribution < -0.4 is 5.73 Å². The third kappa shape index (κ3) is 3.72. The van der Waals surface area contributed by atoms with E-state index in [9.17, 15) is 9.59 Å². The van der Waals surface area contributed by atoms with E-state index in [2.05, 4.69) is 5.10 Å². The maximum absolute atomic E-state index is 12.0. The highest BCUT2D eigenvalue weighted by molar-refractivity contribution is 5.91. The third-order valence-corrected chi connectivity index (χ3v) is 2.84. The standard InChI is InChI=1S/C13H22N4O3/c1-8(16(5)12(19)20-13(2,3)4)9-7-10(11(14)18)17(6)15-9/h7-8H,1-6H3,(H2,14,18). The van der Waals surface area contributed by atoms with E-state index in [1.807, 2.05) is 0 Å². The molecular weight excluding hydrogens is 260 g/mol. The molecule has 0 aliphatic carbocycles. The highest BCUT2D eigenvalue weighted by Crippen LogP contribution is 2.20. The van der Waals surface area contributed by atoms with Crippen molar-refractivity contribution in [3.63, 3.8) is 0 Å². The summed E-state index contributed by atoms with van der Waals surface area (Å²) in [6, 6.07) is 1.25. The maximum Gasteiger partial charge on any atom is 0.410 e. The molecule has 112 valence electrons. The number of amides is 2. The summed E-state index contributed by atoms with van der Waals surface area (Å²) in [5, 5.41) is 4.20. The molecule has 1 unspecified atom stereocenters. The average molecular weight is 282 g/mol. The van der Waals surface area contributed by atoms with Gasteiger partial charge in [0.2, 0.25) is 0 Å². The second-order valence-electron chi connectivity index (χ2n) is 5.71. The molecule has 0 saturated heterocycles. The highest BCUT2D eigenvalue weighted by Gasteiger charge is 2.26. The number of primary amides is 1. The quantitative estimate of drug-likeness (QED) is 0.908. The van der Waals surface area contributed by atoms with Crippen LogP contribution >= 0.6 is 0 Å². The van der Waals surface area contributed by atoms with Gasteiger partial charge in [0.15, 0.2) is 0 Å². The molecule has 1 heterocycles. The summed E-state index contributed by atoms with van der Waals surface area (Å²) >= 11 is 0. The molecule has 2 N–H and O–H groups in total. The van der Waals surface area contributed by atoms with Crippen molar-refractivity contribution in [3.05, 3.63) is 17.5 Å². The lowest BCUT2D eigenvalue weighted by molar-refractivity contribution is 0.0230. The summed E-state index contributed by atoms with van der Waals surface area (Å²) < 4.78 is 6.69. The van der Waals surface area contributed by atoms with Gasteiger partial charge in [0.25, 0.3) is 5.91 Å². The molecule has 0 spiro atoms. The van der Waals surface area contributed by atoms with Gasteiger partial charge < -0.3 is 15.4 Å². The van der Waals surface area contributed by atoms with E-state index >= 15 is 0 Å². The molecule has 0 saturated carbocycles. The van der Waals surface area contributed by atoms with E-state index in [4.69, 9.17) is 10.5 Å². The van der Waals surface area contributed by atoms with Gasteiger partial charge in [-0.25, -0.2) is 4.79 Å². The number of carbonyl (C=O) groups excluding carboxylic acids is 2. The fourth-order valence-corrected chi connectivity index (χ4v) is 1.61. The number of nitrogens with zero attached hydrogens (tertiary/aromatic N) is 3. The Morgan fingerprint density at radius 2 is 2.00 bits per heavy atom. The Balaban J connectivity index is 2.89. The smallest absolute Gasteiger partial charge is 0.410 e. The topological polar surface area (TPSA) is 90.5 Å². The molecule has 7 heteroatoms. The maximum atomic E-state index is 12.0. The van der Waals surface area contributed by atoms with Crippen LogP contribution in [0.15, 0.2) is 6.07 Å². The third-order valence-electron chi connectivity index (χ3n) is 2.84. The lowest BCUT2D eigenvalue weighted by Crippen LogP contribution is -2.35. The van der Waals surface area contributed by atoms with E-state index in [0.717, 1.165) is 0 Å². The fraction of sp³-hybridized carbons (Fsp3) is 0.615. The molecule has 2 amide bonds. The summed E-state index contributed by atoms with van der Waals surface area (Å²) in [5.74, 6) is -0.557. The summed E-state index contributed by atoms with van der Waals surface area (Å²) in [7, 11) is 3.25. The minimum absolute atomic E-state index is 0.296. The van der Waals surface area contributed by atoms with Crippen LogP contribution in [0.3, 0.4) is 0 Å². The molecule has 0 fully saturated rings. The average Bonchev–Trinajstić information content (AvgIpc) is 2.67. The van der Waals surface area contributed by atoms with Crippen LogP contribution in [-0.2, 0) is 11.8 Å². The van der Waals surface area contributed by atoms with Gasteiger partial charge in [0, 0.05) is 14.1 Å². The van der Waals surface area contributed by atoms with Crippen molar-refractivity contribution >= 4 is 12.0 Å². The first-order chi connectivity index (χ1) is 9.03. The monoisotopic (exact) mass is 282 g/mol. The molecule has 0 radical (unpaired) electrons. The lowest BCUT2D eigenvalue weighted by Gasteiger charge is -2.27. The molecule has 0 bridgehead atoms. The Morgan fingerprint density at radius 1 is 1.45 bits per heavy atom. The predicted molar refractivity (Wildman–Crippen MR) is 74.1 cm³/mol. The van der Waals surface area contributed by atoms with Gasteiger partial charge in [-0.2, -0.15) is 5.10 Å². The zero-order valence-corrected chi connectivity index (χ0v) is 12.8. The summed E-state index contributed by atoms with van der Waals surface area (Å²) in [4.78, 5) is 24.6. The highest BCUT2D eigenvalue weighted by atomic mass is 16.6. The minimum Gasteiger partial charge on any atom is -0.444 e. The molecule has 1 rings (SSSR count). The number of rotatable bonds is 3. The van der Waals surface area contributed by atoms with Gasteiger partial charge in [-0.15, -0.1) is 0 Å². The van der Waals surface area contributed by atoms with Crippen molar-refractivity contribution in [1.29, 1.82) is 0 Å². The Hall–Kier alpha value is -2.05. The summed E-state index contributed by atoms with van der Waals surface area (Å²) in [6.07, 6.45) is -0.448. The number of aromatic nitrogens is 2. The van der Waals surface area contributed by atoms with Crippen LogP contribution in [-0.4, -0.2) is 39.3 Å². The predicted octanol–water partition coefficient (Wildman–Crippen LogP) is 1.45. The second-order valence-corrected chi connectivity index (χ2v) is 5.71. The van der Waals surface area contributed by atoms with Gasteiger partial charge in [-0.3, -0.25) is 9.48 Å². The second kappa shape index (κ2) is 5.52. The molecule has 7 nitrogen and oxygen atoms in total. The summed E-state index contributed by atoms with van der Waals surface area (Å²) in [6.45, 7) is 7.21. The molecule has 0 aliphatic heterocycles. The van der Waals surface area contributed by atoms with Crippen LogP contribution in [0.4, 0.5) is 4.79 Å². The number of aryl methyl sites for hydroxylation is 1. The summed E-state index contributed by atoms with van der Waals surface area (Å²) in [5.41, 5.74) is 5.55. The van der Waals surface area contributed by atoms with Crippen LogP contribution in [0.2, 0.25) is 0 Å². The zero-order valence-electron chi connectivity index (χ0n) is 12.8. The van der Waals surface area contributed by atoms with Crippen molar-refractivity contribution in [1.82, 2.24) is 14.7 Å². The van der Waals surface area contributed by atoms with Gasteiger partial charge >= 0.3 is 6.09 Å². The number of hydrogen-bond acceptors (Lipinski definition) is 4. The van der Waals surface area contributed by atoms with Crippen molar-refractivity contribution in [3.8, 4) is 0 Å². The van der Waals surface area contributed by atoms with Crippen LogP contribution in [0, 0.1) is 0 Å². The first kappa shape index (κ1) is 16.0. The molecular formula is C13H22N4O3. The number of hydrogen-bond donors (Lipinski definition) is 1. The Morgan fingerprint density at radius 3 is 2.40 bits per heavy atom. The van der Waals surface area contributed by atoms with E-state index in [-0.39, 0.29) is 6.04 Å². The van der Waals surface area contributed by atoms with Crippen molar-refractivity contribution in [2.45, 2.75) is 39.3 Å². The largest absolute Gasteiger partial charge is 0.444 e. The molecule has 1 atom stereocenters. The van der Waals surface area contributed by atoms with Crippen molar-refractivity contribution in [2.24, 2.45) is 12.8 Å². The molecule has 0 aromatic carbocycles. The van der Waals surface area contributed by atoms with Gasteiger partial charge in [0.05, 0.1) is 11.7 Å². The van der Waals surface area contributed by atoms with Gasteiger partial charge in [-0.1, -0.05) is 0 Å². The molecule has 20 heavy (non-hydrogen) atoms. The minimum atomic E-state index is -0.562. The molecule has 1 aromatic rings. The molecule has 1 aromatic heterocycles. The Kier molecular flexibility index (Phi) is 4.42. The van der Waals surface area contributed by atoms with Crippen LogP contribution in [0.5, 0.6) is 0 Å². The van der Waals surface area contributed by atoms with E-state index in [1.54, 1.807) is 47.9 Å². The first-order valence-electron chi connectivity index (χ1n) is 6.32. The number of nitrogens with two attached hydrogens (primary N) is 1. The normalized spacial score (nSPS) is 12.9. The lowest BCUT2D eigenvalue weighted by atomic mass is 10.2.